The minimum Gasteiger partial charge on any atom is -0.512 e. The lowest BCUT2D eigenvalue weighted by atomic mass is 10.1. The van der Waals surface area contributed by atoms with Crippen LogP contribution < -0.4 is 0 Å². The van der Waals surface area contributed by atoms with Gasteiger partial charge in [-0.25, -0.2) is 0 Å². The molecular formula is C19H20O4. The van der Waals surface area contributed by atoms with E-state index in [1.165, 1.54) is 6.08 Å². The van der Waals surface area contributed by atoms with Crippen molar-refractivity contribution in [2.75, 3.05) is 0 Å². The molecule has 2 aromatic carbocycles. The van der Waals surface area contributed by atoms with Crippen molar-refractivity contribution in [1.82, 2.24) is 0 Å². The molecule has 3 N–H and O–H groups in total. The summed E-state index contributed by atoms with van der Waals surface area (Å²) in [6.45, 7) is 0. The quantitative estimate of drug-likeness (QED) is 0.538. The van der Waals surface area contributed by atoms with E-state index >= 15 is 0 Å². The van der Waals surface area contributed by atoms with Crippen LogP contribution in [0.5, 0.6) is 11.5 Å². The molecule has 0 aliphatic heterocycles. The van der Waals surface area contributed by atoms with Crippen LogP contribution in [0, 0.1) is 0 Å². The Morgan fingerprint density at radius 1 is 0.783 bits per heavy atom. The number of benzene rings is 2. The Morgan fingerprint density at radius 3 is 1.70 bits per heavy atom. The number of carbonyl (C=O) groups is 1. The second-order valence-corrected chi connectivity index (χ2v) is 5.43. The monoisotopic (exact) mass is 312 g/mol. The molecule has 0 spiro atoms. The minimum atomic E-state index is -0.124. The SMILES string of the molecule is O=C(/C=C(\O)CCc1ccc(O)cc1)CCc1ccc(O)cc1. The van der Waals surface area contributed by atoms with Crippen molar-refractivity contribution in [3.63, 3.8) is 0 Å². The van der Waals surface area contributed by atoms with Gasteiger partial charge in [-0.3, -0.25) is 4.79 Å². The molecule has 0 atom stereocenters. The van der Waals surface area contributed by atoms with Crippen molar-refractivity contribution in [2.45, 2.75) is 25.7 Å². The van der Waals surface area contributed by atoms with Gasteiger partial charge in [-0.05, 0) is 48.2 Å². The van der Waals surface area contributed by atoms with Crippen molar-refractivity contribution >= 4 is 5.78 Å². The molecular weight excluding hydrogens is 292 g/mol. The van der Waals surface area contributed by atoms with Gasteiger partial charge >= 0.3 is 0 Å². The highest BCUT2D eigenvalue weighted by Crippen LogP contribution is 2.14. The summed E-state index contributed by atoms with van der Waals surface area (Å²) >= 11 is 0. The lowest BCUT2D eigenvalue weighted by Gasteiger charge is -2.03. The third-order valence-corrected chi connectivity index (χ3v) is 3.53. The largest absolute Gasteiger partial charge is 0.512 e. The molecule has 0 fully saturated rings. The normalized spacial score (nSPS) is 11.4. The molecule has 0 saturated heterocycles. The zero-order valence-electron chi connectivity index (χ0n) is 12.8. The van der Waals surface area contributed by atoms with Gasteiger partial charge in [-0.15, -0.1) is 0 Å². The van der Waals surface area contributed by atoms with E-state index in [1.54, 1.807) is 48.5 Å². The first-order valence-electron chi connectivity index (χ1n) is 7.51. The molecule has 23 heavy (non-hydrogen) atoms. The molecule has 4 heteroatoms. The molecule has 0 heterocycles. The lowest BCUT2D eigenvalue weighted by Crippen LogP contribution is -1.99. The second kappa shape index (κ2) is 8.03. The Kier molecular flexibility index (Phi) is 5.80. The number of aryl methyl sites for hydroxylation is 2. The predicted molar refractivity (Wildman–Crippen MR) is 88.6 cm³/mol. The Morgan fingerprint density at radius 2 is 1.22 bits per heavy atom. The Labute approximate surface area is 135 Å². The minimum absolute atomic E-state index is 0.0637. The van der Waals surface area contributed by atoms with Crippen LogP contribution in [0.25, 0.3) is 0 Å². The number of hydrogen-bond donors (Lipinski definition) is 3. The molecule has 120 valence electrons. The molecule has 2 rings (SSSR count). The van der Waals surface area contributed by atoms with E-state index in [0.29, 0.717) is 25.7 Å². The second-order valence-electron chi connectivity index (χ2n) is 5.43. The van der Waals surface area contributed by atoms with Crippen molar-refractivity contribution < 1.29 is 20.1 Å². The zero-order valence-corrected chi connectivity index (χ0v) is 12.8. The first kappa shape index (κ1) is 16.6. The third kappa shape index (κ3) is 5.87. The molecule has 2 aromatic rings. The number of rotatable bonds is 7. The van der Waals surface area contributed by atoms with Crippen molar-refractivity contribution in [3.8, 4) is 11.5 Å². The summed E-state index contributed by atoms with van der Waals surface area (Å²) in [5.41, 5.74) is 1.95. The molecule has 0 aromatic heterocycles. The van der Waals surface area contributed by atoms with E-state index in [2.05, 4.69) is 0 Å². The summed E-state index contributed by atoms with van der Waals surface area (Å²) in [6, 6.07) is 13.5. The number of aliphatic hydroxyl groups excluding tert-OH is 1. The number of ketones is 1. The number of aliphatic hydroxyl groups is 1. The highest BCUT2D eigenvalue weighted by atomic mass is 16.3. The smallest absolute Gasteiger partial charge is 0.159 e. The molecule has 0 aliphatic carbocycles. The number of phenols is 2. The fourth-order valence-electron chi connectivity index (χ4n) is 2.20. The number of carbonyl (C=O) groups excluding carboxylic acids is 1. The number of hydrogen-bond acceptors (Lipinski definition) is 4. The van der Waals surface area contributed by atoms with Crippen LogP contribution in [0.2, 0.25) is 0 Å². The van der Waals surface area contributed by atoms with Gasteiger partial charge in [-0.1, -0.05) is 24.3 Å². The van der Waals surface area contributed by atoms with E-state index < -0.39 is 0 Å². The lowest BCUT2D eigenvalue weighted by molar-refractivity contribution is -0.114. The molecule has 0 unspecified atom stereocenters. The Bertz CT molecular complexity index is 670. The maximum atomic E-state index is 11.8. The van der Waals surface area contributed by atoms with Crippen LogP contribution in [0.1, 0.15) is 24.0 Å². The Hall–Kier alpha value is -2.75. The van der Waals surface area contributed by atoms with Gasteiger partial charge in [-0.2, -0.15) is 0 Å². The first-order valence-corrected chi connectivity index (χ1v) is 7.51. The summed E-state index contributed by atoms with van der Waals surface area (Å²) < 4.78 is 0. The molecule has 0 bridgehead atoms. The van der Waals surface area contributed by atoms with E-state index in [0.717, 1.165) is 11.1 Å². The van der Waals surface area contributed by atoms with Crippen LogP contribution in [0.15, 0.2) is 60.4 Å². The summed E-state index contributed by atoms with van der Waals surface area (Å²) in [4.78, 5) is 11.8. The van der Waals surface area contributed by atoms with Gasteiger partial charge in [0.15, 0.2) is 5.78 Å². The van der Waals surface area contributed by atoms with E-state index in [4.69, 9.17) is 0 Å². The highest BCUT2D eigenvalue weighted by molar-refractivity contribution is 5.90. The average molecular weight is 312 g/mol. The molecule has 0 amide bonds. The van der Waals surface area contributed by atoms with E-state index in [9.17, 15) is 20.1 Å². The molecule has 0 radical (unpaired) electrons. The maximum absolute atomic E-state index is 11.8. The van der Waals surface area contributed by atoms with Crippen LogP contribution in [0.4, 0.5) is 0 Å². The summed E-state index contributed by atoms with van der Waals surface area (Å²) in [7, 11) is 0. The van der Waals surface area contributed by atoms with Crippen LogP contribution in [-0.2, 0) is 17.6 Å². The number of allylic oxidation sites excluding steroid dienone is 2. The summed E-state index contributed by atoms with van der Waals surface area (Å²) in [6.07, 6.45) is 3.15. The van der Waals surface area contributed by atoms with Gasteiger partial charge < -0.3 is 15.3 Å². The van der Waals surface area contributed by atoms with Gasteiger partial charge in [0.05, 0.1) is 5.76 Å². The zero-order chi connectivity index (χ0) is 16.7. The number of aromatic hydroxyl groups is 2. The Balaban J connectivity index is 1.79. The topological polar surface area (TPSA) is 77.8 Å². The molecule has 4 nitrogen and oxygen atoms in total. The molecule has 0 saturated carbocycles. The third-order valence-electron chi connectivity index (χ3n) is 3.53. The average Bonchev–Trinajstić information content (AvgIpc) is 2.54. The van der Waals surface area contributed by atoms with E-state index in [-0.39, 0.29) is 23.0 Å². The highest BCUT2D eigenvalue weighted by Gasteiger charge is 2.03. The van der Waals surface area contributed by atoms with Crippen molar-refractivity contribution in [1.29, 1.82) is 0 Å². The summed E-state index contributed by atoms with van der Waals surface area (Å²) in [5.74, 6) is 0.347. The van der Waals surface area contributed by atoms with Crippen molar-refractivity contribution in [3.05, 3.63) is 71.5 Å². The fraction of sp³-hybridized carbons (Fsp3) is 0.211. The molecule has 0 aliphatic rings. The van der Waals surface area contributed by atoms with Crippen LogP contribution in [0.3, 0.4) is 0 Å². The standard InChI is InChI=1S/C19H20O4/c20-16-7-1-14(2-8-16)5-11-18(22)13-19(23)12-6-15-3-9-17(21)10-4-15/h1-4,7-10,13,20-22H,5-6,11-12H2/b18-13-. The maximum Gasteiger partial charge on any atom is 0.159 e. The van der Waals surface area contributed by atoms with E-state index in [1.807, 2.05) is 0 Å². The fourth-order valence-corrected chi connectivity index (χ4v) is 2.20. The van der Waals surface area contributed by atoms with Gasteiger partial charge in [0.25, 0.3) is 0 Å². The van der Waals surface area contributed by atoms with Crippen LogP contribution >= 0.6 is 0 Å². The van der Waals surface area contributed by atoms with Gasteiger partial charge in [0, 0.05) is 18.9 Å². The van der Waals surface area contributed by atoms with Gasteiger partial charge in [0.1, 0.15) is 11.5 Å². The van der Waals surface area contributed by atoms with Crippen LogP contribution in [-0.4, -0.2) is 21.1 Å². The van der Waals surface area contributed by atoms with Crippen molar-refractivity contribution in [2.24, 2.45) is 0 Å². The van der Waals surface area contributed by atoms with Gasteiger partial charge in [0.2, 0.25) is 0 Å². The first-order chi connectivity index (χ1) is 11.0. The predicted octanol–water partition coefficient (Wildman–Crippen LogP) is 3.67. The summed E-state index contributed by atoms with van der Waals surface area (Å²) in [5, 5.41) is 28.2. The number of phenolic OH excluding ortho intramolecular Hbond substituents is 2.